The minimum Gasteiger partial charge on any atom is -0.380 e. The van der Waals surface area contributed by atoms with E-state index in [1.54, 1.807) is 31.2 Å². The van der Waals surface area contributed by atoms with Crippen molar-refractivity contribution < 1.29 is 8.91 Å². The lowest BCUT2D eigenvalue weighted by Gasteiger charge is -2.04. The monoisotopic (exact) mass is 302 g/mol. The maximum Gasteiger partial charge on any atom is 0.177 e. The molecule has 3 aromatic rings. The fourth-order valence-electron chi connectivity index (χ4n) is 2.16. The van der Waals surface area contributed by atoms with Crippen molar-refractivity contribution in [2.75, 3.05) is 5.73 Å². The summed E-state index contributed by atoms with van der Waals surface area (Å²) in [5.74, 6) is 0.362. The zero-order valence-electron chi connectivity index (χ0n) is 11.2. The molecule has 0 fully saturated rings. The summed E-state index contributed by atoms with van der Waals surface area (Å²) in [5.41, 5.74) is 8.42. The molecule has 106 valence electrons. The summed E-state index contributed by atoms with van der Waals surface area (Å²) in [6, 6.07) is 12.0. The number of rotatable bonds is 2. The van der Waals surface area contributed by atoms with Crippen molar-refractivity contribution in [2.24, 2.45) is 0 Å². The van der Waals surface area contributed by atoms with Gasteiger partial charge in [0.05, 0.1) is 5.56 Å². The number of nitrogens with zero attached hydrogens (tertiary/aromatic N) is 1. The number of halogens is 2. The first-order valence-electron chi connectivity index (χ1n) is 6.34. The first-order chi connectivity index (χ1) is 10.1. The van der Waals surface area contributed by atoms with Gasteiger partial charge >= 0.3 is 0 Å². The highest BCUT2D eigenvalue weighted by Gasteiger charge is 2.18. The van der Waals surface area contributed by atoms with Crippen LogP contribution in [0, 0.1) is 12.7 Å². The van der Waals surface area contributed by atoms with Crippen LogP contribution in [0.1, 0.15) is 5.56 Å². The Morgan fingerprint density at radius 2 is 1.95 bits per heavy atom. The number of hydrogen-bond donors (Lipinski definition) is 1. The summed E-state index contributed by atoms with van der Waals surface area (Å²) >= 11 is 6.01. The number of aromatic nitrogens is 1. The Kier molecular flexibility index (Phi) is 3.39. The molecular weight excluding hydrogens is 291 g/mol. The van der Waals surface area contributed by atoms with Gasteiger partial charge < -0.3 is 10.3 Å². The predicted octanol–water partition coefficient (Wildman–Crippen LogP) is 4.69. The summed E-state index contributed by atoms with van der Waals surface area (Å²) in [7, 11) is 0. The van der Waals surface area contributed by atoms with Gasteiger partial charge in [-0.25, -0.2) is 4.39 Å². The van der Waals surface area contributed by atoms with Crippen LogP contribution in [0.15, 0.2) is 47.0 Å². The molecule has 0 amide bonds. The average Bonchev–Trinajstić information content (AvgIpc) is 2.84. The molecular formula is C16H12ClFN2O. The highest BCUT2D eigenvalue weighted by atomic mass is 35.5. The van der Waals surface area contributed by atoms with Crippen LogP contribution >= 0.6 is 11.6 Å². The van der Waals surface area contributed by atoms with Crippen LogP contribution in [0.25, 0.3) is 22.5 Å². The first-order valence-corrected chi connectivity index (χ1v) is 6.71. The van der Waals surface area contributed by atoms with Crippen molar-refractivity contribution in [1.29, 1.82) is 0 Å². The normalized spacial score (nSPS) is 10.8. The Morgan fingerprint density at radius 1 is 1.14 bits per heavy atom. The van der Waals surface area contributed by atoms with E-state index >= 15 is 0 Å². The van der Waals surface area contributed by atoms with Crippen LogP contribution in [0.3, 0.4) is 0 Å². The summed E-state index contributed by atoms with van der Waals surface area (Å²) in [6.07, 6.45) is 0. The molecule has 0 aliphatic heterocycles. The molecule has 2 aromatic carbocycles. The molecule has 1 heterocycles. The standard InChI is InChI=1S/C16H12ClFN2O/c1-9-5-6-11(8-13(9)18)15-14(16(19)20-21-15)10-3-2-4-12(17)7-10/h2-8H,1H3,(H2,19,20). The minimum absolute atomic E-state index is 0.244. The molecule has 1 aromatic heterocycles. The lowest BCUT2D eigenvalue weighted by molar-refractivity contribution is 0.436. The van der Waals surface area contributed by atoms with E-state index in [1.165, 1.54) is 6.07 Å². The smallest absolute Gasteiger partial charge is 0.177 e. The Hall–Kier alpha value is -2.33. The number of aryl methyl sites for hydroxylation is 1. The molecule has 0 unspecified atom stereocenters. The molecule has 0 bridgehead atoms. The second-order valence-corrected chi connectivity index (χ2v) is 5.18. The van der Waals surface area contributed by atoms with Crippen molar-refractivity contribution in [3.63, 3.8) is 0 Å². The highest BCUT2D eigenvalue weighted by molar-refractivity contribution is 6.30. The lowest BCUT2D eigenvalue weighted by atomic mass is 10.0. The third-order valence-electron chi connectivity index (χ3n) is 3.27. The SMILES string of the molecule is Cc1ccc(-c2onc(N)c2-c2cccc(Cl)c2)cc1F. The number of hydrogen-bond acceptors (Lipinski definition) is 3. The quantitative estimate of drug-likeness (QED) is 0.747. The topological polar surface area (TPSA) is 52.0 Å². The fourth-order valence-corrected chi connectivity index (χ4v) is 2.35. The van der Waals surface area contributed by atoms with Crippen LogP contribution in [0.2, 0.25) is 5.02 Å². The molecule has 2 N–H and O–H groups in total. The second kappa shape index (κ2) is 5.22. The Morgan fingerprint density at radius 3 is 2.67 bits per heavy atom. The molecule has 0 aliphatic rings. The van der Waals surface area contributed by atoms with Gasteiger partial charge in [0, 0.05) is 10.6 Å². The molecule has 0 spiro atoms. The lowest BCUT2D eigenvalue weighted by Crippen LogP contribution is -1.89. The maximum atomic E-state index is 13.8. The van der Waals surface area contributed by atoms with Crippen molar-refractivity contribution in [1.82, 2.24) is 5.16 Å². The molecule has 3 rings (SSSR count). The van der Waals surface area contributed by atoms with E-state index in [1.807, 2.05) is 12.1 Å². The predicted molar refractivity (Wildman–Crippen MR) is 81.5 cm³/mol. The zero-order valence-corrected chi connectivity index (χ0v) is 12.0. The van der Waals surface area contributed by atoms with E-state index in [2.05, 4.69) is 5.16 Å². The summed E-state index contributed by atoms with van der Waals surface area (Å²) < 4.78 is 19.0. The zero-order chi connectivity index (χ0) is 15.0. The van der Waals surface area contributed by atoms with Crippen LogP contribution < -0.4 is 5.73 Å². The van der Waals surface area contributed by atoms with Crippen molar-refractivity contribution in [2.45, 2.75) is 6.92 Å². The van der Waals surface area contributed by atoms with E-state index < -0.39 is 0 Å². The van der Waals surface area contributed by atoms with E-state index in [0.717, 1.165) is 5.56 Å². The van der Waals surface area contributed by atoms with Crippen LogP contribution in [-0.4, -0.2) is 5.16 Å². The van der Waals surface area contributed by atoms with Gasteiger partial charge in [0.2, 0.25) is 0 Å². The van der Waals surface area contributed by atoms with Gasteiger partial charge in [-0.2, -0.15) is 0 Å². The Balaban J connectivity index is 2.19. The second-order valence-electron chi connectivity index (χ2n) is 4.75. The molecule has 0 saturated heterocycles. The number of benzene rings is 2. The van der Waals surface area contributed by atoms with Gasteiger partial charge in [0.15, 0.2) is 11.6 Å². The average molecular weight is 303 g/mol. The van der Waals surface area contributed by atoms with Crippen LogP contribution in [0.4, 0.5) is 10.2 Å². The Bertz CT molecular complexity index is 814. The molecule has 0 atom stereocenters. The molecule has 0 saturated carbocycles. The van der Waals surface area contributed by atoms with Gasteiger partial charge in [0.1, 0.15) is 5.82 Å². The van der Waals surface area contributed by atoms with Gasteiger partial charge in [-0.15, -0.1) is 0 Å². The van der Waals surface area contributed by atoms with Gasteiger partial charge in [-0.3, -0.25) is 0 Å². The van der Waals surface area contributed by atoms with Crippen molar-refractivity contribution >= 4 is 17.4 Å². The fraction of sp³-hybridized carbons (Fsp3) is 0.0625. The van der Waals surface area contributed by atoms with Gasteiger partial charge in [0.25, 0.3) is 0 Å². The molecule has 0 aliphatic carbocycles. The largest absolute Gasteiger partial charge is 0.380 e. The van der Waals surface area contributed by atoms with E-state index in [0.29, 0.717) is 27.5 Å². The van der Waals surface area contributed by atoms with Crippen LogP contribution in [-0.2, 0) is 0 Å². The molecule has 0 radical (unpaired) electrons. The number of anilines is 1. The van der Waals surface area contributed by atoms with E-state index in [-0.39, 0.29) is 11.6 Å². The maximum absolute atomic E-state index is 13.8. The first kappa shape index (κ1) is 13.6. The summed E-state index contributed by atoms with van der Waals surface area (Å²) in [5, 5.41) is 4.37. The minimum atomic E-state index is -0.306. The van der Waals surface area contributed by atoms with Gasteiger partial charge in [-0.1, -0.05) is 41.0 Å². The van der Waals surface area contributed by atoms with Gasteiger partial charge in [-0.05, 0) is 36.2 Å². The van der Waals surface area contributed by atoms with Crippen molar-refractivity contribution in [3.8, 4) is 22.5 Å². The highest BCUT2D eigenvalue weighted by Crippen LogP contribution is 2.37. The van der Waals surface area contributed by atoms with Crippen LogP contribution in [0.5, 0.6) is 0 Å². The Labute approximate surface area is 126 Å². The number of nitrogens with two attached hydrogens (primary N) is 1. The molecule has 21 heavy (non-hydrogen) atoms. The summed E-state index contributed by atoms with van der Waals surface area (Å²) in [4.78, 5) is 0. The molecule has 3 nitrogen and oxygen atoms in total. The van der Waals surface area contributed by atoms with E-state index in [9.17, 15) is 4.39 Å². The number of nitrogen functional groups attached to an aromatic ring is 1. The summed E-state index contributed by atoms with van der Waals surface area (Å²) in [6.45, 7) is 1.70. The van der Waals surface area contributed by atoms with E-state index in [4.69, 9.17) is 21.9 Å². The third kappa shape index (κ3) is 2.50. The molecule has 5 heteroatoms. The van der Waals surface area contributed by atoms with Crippen molar-refractivity contribution in [3.05, 3.63) is 58.9 Å². The third-order valence-corrected chi connectivity index (χ3v) is 3.50.